The van der Waals surface area contributed by atoms with Gasteiger partial charge in [0.25, 0.3) is 0 Å². The van der Waals surface area contributed by atoms with E-state index < -0.39 is 9.14 Å². The molecule has 0 rings (SSSR count). The van der Waals surface area contributed by atoms with Crippen molar-refractivity contribution in [3.05, 3.63) is 0 Å². The maximum Gasteiger partial charge on any atom is 1.00 e. The molecule has 0 nitrogen and oxygen atoms in total. The smallest absolute Gasteiger partial charge is 1.00 e. The van der Waals surface area contributed by atoms with E-state index in [1.165, 1.54) is 0 Å². The van der Waals surface area contributed by atoms with Crippen LogP contribution in [0.15, 0.2) is 0 Å². The monoisotopic (exact) mass is 370 g/mol. The van der Waals surface area contributed by atoms with Gasteiger partial charge in [0.15, 0.2) is 0 Å². The van der Waals surface area contributed by atoms with Gasteiger partial charge in [-0.25, -0.2) is 0 Å². The Balaban J connectivity index is 0. The standard InChI is InChI=1S/6ClH.K.Sb/h6*1H;;/q;;;;;;+1;+5/p-6. The maximum atomic E-state index is 5.06. The van der Waals surface area contributed by atoms with Gasteiger partial charge in [-0.1, -0.05) is 0 Å². The number of rotatable bonds is 0. The second-order valence-electron chi connectivity index (χ2n) is 0.958. The fraction of sp³-hybridized carbons (Fsp3) is 0. The first-order valence-corrected chi connectivity index (χ1v) is 20.4. The van der Waals surface area contributed by atoms with Gasteiger partial charge in [-0.15, -0.1) is 0 Å². The fourth-order valence-electron chi connectivity index (χ4n) is 0. The van der Waals surface area contributed by atoms with Gasteiger partial charge in [-0.2, -0.15) is 0 Å². The van der Waals surface area contributed by atoms with E-state index in [0.717, 1.165) is 0 Å². The van der Waals surface area contributed by atoms with Crippen molar-refractivity contribution in [1.82, 2.24) is 0 Å². The van der Waals surface area contributed by atoms with E-state index in [9.17, 15) is 0 Å². The van der Waals surface area contributed by atoms with Crippen molar-refractivity contribution in [3.8, 4) is 0 Å². The Morgan fingerprint density at radius 2 is 0.625 bits per heavy atom. The second-order valence-corrected chi connectivity index (χ2v) is 57.9. The molecular formula is Cl6KSb. The van der Waals surface area contributed by atoms with E-state index in [-0.39, 0.29) is 51.4 Å². The van der Waals surface area contributed by atoms with Crippen molar-refractivity contribution in [3.63, 3.8) is 0 Å². The molecule has 0 aromatic heterocycles. The molecule has 0 radical (unpaired) electrons. The minimum absolute atomic E-state index is 0. The van der Waals surface area contributed by atoms with Gasteiger partial charge in [-0.05, 0) is 0 Å². The van der Waals surface area contributed by atoms with Crippen LogP contribution in [0.1, 0.15) is 0 Å². The first kappa shape index (κ1) is 14.7. The molecule has 8 heavy (non-hydrogen) atoms. The Labute approximate surface area is 110 Å². The number of hydrogen-bond donors (Lipinski definition) is 0. The van der Waals surface area contributed by atoms with Crippen molar-refractivity contribution in [2.24, 2.45) is 0 Å². The predicted octanol–water partition coefficient (Wildman–Crippen LogP) is 0.760. The molecule has 0 aromatic carbocycles. The third-order valence-electron chi connectivity index (χ3n) is 0. The number of halogens is 6. The van der Waals surface area contributed by atoms with E-state index in [0.29, 0.717) is 0 Å². The van der Waals surface area contributed by atoms with Crippen LogP contribution in [0.4, 0.5) is 0 Å². The summed E-state index contributed by atoms with van der Waals surface area (Å²) in [5, 5.41) is 0. The zero-order chi connectivity index (χ0) is 6.41. The van der Waals surface area contributed by atoms with E-state index in [4.69, 9.17) is 53.0 Å². The van der Waals surface area contributed by atoms with Crippen LogP contribution in [0.5, 0.6) is 0 Å². The molecule has 0 aliphatic carbocycles. The summed E-state index contributed by atoms with van der Waals surface area (Å²) in [6.45, 7) is 0. The molecule has 0 saturated heterocycles. The Hall–Kier alpha value is 4.19. The molecule has 0 N–H and O–H groups in total. The van der Waals surface area contributed by atoms with E-state index in [2.05, 4.69) is 0 Å². The summed E-state index contributed by atoms with van der Waals surface area (Å²) in [6, 6.07) is 0. The molecule has 0 aromatic rings. The minimum atomic E-state index is -5.42. The van der Waals surface area contributed by atoms with E-state index in [1.807, 2.05) is 0 Å². The minimum Gasteiger partial charge on any atom is 1.00 e. The SMILES string of the molecule is [Cl][Sb-]([Cl])([Cl])([Cl])([Cl])[Cl].[K+]. The van der Waals surface area contributed by atoms with Gasteiger partial charge in [0.05, 0.1) is 0 Å². The third kappa shape index (κ3) is 49.0. The van der Waals surface area contributed by atoms with Gasteiger partial charge in [0.1, 0.15) is 0 Å². The van der Waals surface area contributed by atoms with Crippen LogP contribution in [-0.4, -0.2) is 9.14 Å². The van der Waals surface area contributed by atoms with Gasteiger partial charge < -0.3 is 0 Å². The first-order valence-electron chi connectivity index (χ1n) is 1.01. The summed E-state index contributed by atoms with van der Waals surface area (Å²) >= 11 is 0. The quantitative estimate of drug-likeness (QED) is 0.550. The van der Waals surface area contributed by atoms with Crippen LogP contribution >= 0.6 is 53.0 Å². The summed E-state index contributed by atoms with van der Waals surface area (Å²) in [5.41, 5.74) is 0. The van der Waals surface area contributed by atoms with Crippen molar-refractivity contribution < 1.29 is 51.4 Å². The molecule has 8 heteroatoms. The molecule has 48 valence electrons. The Morgan fingerprint density at radius 1 is 0.625 bits per heavy atom. The van der Waals surface area contributed by atoms with E-state index >= 15 is 0 Å². The average Bonchev–Trinajstić information content (AvgIpc) is 0.592. The van der Waals surface area contributed by atoms with Crippen LogP contribution < -0.4 is 51.4 Å². The largest absolute Gasteiger partial charge is 1.00 e. The average molecular weight is 374 g/mol. The van der Waals surface area contributed by atoms with Crippen molar-refractivity contribution >= 4 is 62.1 Å². The third-order valence-corrected chi connectivity index (χ3v) is 0. The Bertz CT molecular complexity index is 67.1. The summed E-state index contributed by atoms with van der Waals surface area (Å²) in [7, 11) is 25.0. The molecular weight excluding hydrogens is 374 g/mol. The summed E-state index contributed by atoms with van der Waals surface area (Å²) < 4.78 is 0. The van der Waals surface area contributed by atoms with Crippen molar-refractivity contribution in [2.75, 3.05) is 0 Å². The molecule has 0 atom stereocenters. The molecule has 0 spiro atoms. The van der Waals surface area contributed by atoms with Gasteiger partial charge in [-0.3, -0.25) is 0 Å². The zero-order valence-corrected chi connectivity index (χ0v) is 13.9. The van der Waals surface area contributed by atoms with Crippen LogP contribution in [0.25, 0.3) is 0 Å². The summed E-state index contributed by atoms with van der Waals surface area (Å²) in [6.07, 6.45) is 0. The molecule has 0 bridgehead atoms. The van der Waals surface area contributed by atoms with Gasteiger partial charge in [0.2, 0.25) is 0 Å². The zero-order valence-electron chi connectivity index (χ0n) is 3.72. The van der Waals surface area contributed by atoms with Crippen LogP contribution in [0.3, 0.4) is 0 Å². The van der Waals surface area contributed by atoms with Gasteiger partial charge in [0, 0.05) is 0 Å². The molecule has 0 unspecified atom stereocenters. The molecule has 0 aliphatic rings. The molecule has 0 saturated carbocycles. The second kappa shape index (κ2) is 3.16. The van der Waals surface area contributed by atoms with E-state index in [1.54, 1.807) is 0 Å². The summed E-state index contributed by atoms with van der Waals surface area (Å²) in [5.74, 6) is 0. The Kier molecular flexibility index (Phi) is 5.80. The number of hydrogen-bond acceptors (Lipinski definition) is 0. The molecule has 0 amide bonds. The van der Waals surface area contributed by atoms with Gasteiger partial charge >= 0.3 is 113 Å². The van der Waals surface area contributed by atoms with Crippen LogP contribution in [0, 0.1) is 0 Å². The molecule has 0 aliphatic heterocycles. The fourth-order valence-corrected chi connectivity index (χ4v) is 0. The van der Waals surface area contributed by atoms with Crippen molar-refractivity contribution in [2.45, 2.75) is 0 Å². The summed E-state index contributed by atoms with van der Waals surface area (Å²) in [4.78, 5) is 0. The van der Waals surface area contributed by atoms with Crippen LogP contribution in [0.2, 0.25) is 0 Å². The molecule has 0 fully saturated rings. The predicted molar refractivity (Wildman–Crippen MR) is 40.9 cm³/mol. The molecule has 0 heterocycles. The Morgan fingerprint density at radius 3 is 0.625 bits per heavy atom. The van der Waals surface area contributed by atoms with Crippen LogP contribution in [-0.2, 0) is 0 Å². The van der Waals surface area contributed by atoms with Crippen molar-refractivity contribution in [1.29, 1.82) is 0 Å². The maximum absolute atomic E-state index is 5.42. The topological polar surface area (TPSA) is 0 Å². The normalized spacial score (nSPS) is 20.2. The first-order chi connectivity index (χ1) is 2.45.